The van der Waals surface area contributed by atoms with E-state index in [2.05, 4.69) is 4.72 Å². The number of sulfonamides is 1. The summed E-state index contributed by atoms with van der Waals surface area (Å²) in [6.07, 6.45) is 4.25. The number of nitrogens with one attached hydrogen (secondary N) is 1. The summed E-state index contributed by atoms with van der Waals surface area (Å²) in [5.74, 6) is 1.17. The first kappa shape index (κ1) is 19.7. The molecule has 0 saturated heterocycles. The predicted molar refractivity (Wildman–Crippen MR) is 106 cm³/mol. The minimum atomic E-state index is -3.66. The van der Waals surface area contributed by atoms with Crippen LogP contribution < -0.4 is 14.2 Å². The molecule has 0 radical (unpaired) electrons. The van der Waals surface area contributed by atoms with Gasteiger partial charge < -0.3 is 9.47 Å². The first-order chi connectivity index (χ1) is 12.8. The topological polar surface area (TPSA) is 64.6 Å². The van der Waals surface area contributed by atoms with Crippen molar-refractivity contribution in [1.29, 1.82) is 0 Å². The highest BCUT2D eigenvalue weighted by atomic mass is 32.2. The summed E-state index contributed by atoms with van der Waals surface area (Å²) in [4.78, 5) is 0.316. The Morgan fingerprint density at radius 3 is 2.22 bits per heavy atom. The quantitative estimate of drug-likeness (QED) is 0.816. The molecule has 1 aliphatic rings. The molecule has 146 valence electrons. The third-order valence-electron chi connectivity index (χ3n) is 5.13. The second kappa shape index (κ2) is 7.52. The number of benzene rings is 2. The first-order valence-corrected chi connectivity index (χ1v) is 10.6. The third kappa shape index (κ3) is 4.12. The summed E-state index contributed by atoms with van der Waals surface area (Å²) < 4.78 is 39.5. The molecule has 0 heterocycles. The Balaban J connectivity index is 1.90. The van der Waals surface area contributed by atoms with E-state index in [0.29, 0.717) is 16.4 Å². The lowest BCUT2D eigenvalue weighted by Crippen LogP contribution is -2.41. The molecule has 27 heavy (non-hydrogen) atoms. The molecule has 6 heteroatoms. The minimum absolute atomic E-state index is 0.316. The molecule has 1 aliphatic carbocycles. The van der Waals surface area contributed by atoms with Crippen LogP contribution in [0.4, 0.5) is 0 Å². The second-order valence-corrected chi connectivity index (χ2v) is 9.12. The molecule has 2 aromatic rings. The lowest BCUT2D eigenvalue weighted by molar-refractivity contribution is 0.352. The molecule has 3 rings (SSSR count). The van der Waals surface area contributed by atoms with Crippen LogP contribution in [0.25, 0.3) is 0 Å². The van der Waals surface area contributed by atoms with Gasteiger partial charge in [0, 0.05) is 0 Å². The molecule has 0 aromatic heterocycles. The predicted octanol–water partition coefficient (Wildman–Crippen LogP) is 3.80. The summed E-state index contributed by atoms with van der Waals surface area (Å²) in [5.41, 5.74) is 2.39. The van der Waals surface area contributed by atoms with Gasteiger partial charge in [-0.15, -0.1) is 0 Å². The zero-order valence-electron chi connectivity index (χ0n) is 16.3. The number of ether oxygens (including phenoxy) is 2. The minimum Gasteiger partial charge on any atom is -0.493 e. The maximum Gasteiger partial charge on any atom is 0.241 e. The summed E-state index contributed by atoms with van der Waals surface area (Å²) in [5, 5.41) is 0. The summed E-state index contributed by atoms with van der Waals surface area (Å²) in [7, 11) is -0.525. The number of rotatable bonds is 6. The number of hydrogen-bond acceptors (Lipinski definition) is 4. The molecule has 0 aliphatic heterocycles. The van der Waals surface area contributed by atoms with Crippen LogP contribution in [0, 0.1) is 0 Å². The monoisotopic (exact) mass is 389 g/mol. The van der Waals surface area contributed by atoms with Gasteiger partial charge in [0.2, 0.25) is 10.0 Å². The van der Waals surface area contributed by atoms with Gasteiger partial charge in [0.25, 0.3) is 0 Å². The SMILES string of the molecule is COc1ccc(C(C)(C)NS(=O)(=O)c2ccc3c(c2)CCCC3)cc1OC. The van der Waals surface area contributed by atoms with E-state index in [0.717, 1.165) is 30.4 Å². The zero-order valence-corrected chi connectivity index (χ0v) is 17.2. The molecule has 2 aromatic carbocycles. The van der Waals surface area contributed by atoms with E-state index in [1.165, 1.54) is 12.0 Å². The van der Waals surface area contributed by atoms with E-state index in [9.17, 15) is 8.42 Å². The number of fused-ring (bicyclic) bond motifs is 1. The molecule has 0 amide bonds. The Kier molecular flexibility index (Phi) is 5.49. The van der Waals surface area contributed by atoms with Crippen LogP contribution in [0.3, 0.4) is 0 Å². The number of aryl methyl sites for hydroxylation is 2. The van der Waals surface area contributed by atoms with E-state index < -0.39 is 15.6 Å². The van der Waals surface area contributed by atoms with Crippen molar-refractivity contribution in [3.63, 3.8) is 0 Å². The normalized spacial score (nSPS) is 14.5. The molecular formula is C21H27NO4S. The standard InChI is InChI=1S/C21H27NO4S/c1-21(2,17-10-12-19(25-3)20(14-17)26-4)22-27(23,24)18-11-9-15-7-5-6-8-16(15)13-18/h9-14,22H,5-8H2,1-4H3. The van der Waals surface area contributed by atoms with Crippen molar-refractivity contribution in [2.75, 3.05) is 14.2 Å². The van der Waals surface area contributed by atoms with Crippen molar-refractivity contribution in [2.45, 2.75) is 50.0 Å². The van der Waals surface area contributed by atoms with Crippen LogP contribution in [0.2, 0.25) is 0 Å². The Hall–Kier alpha value is -2.05. The van der Waals surface area contributed by atoms with Crippen molar-refractivity contribution in [1.82, 2.24) is 4.72 Å². The van der Waals surface area contributed by atoms with Gasteiger partial charge >= 0.3 is 0 Å². The molecule has 0 spiro atoms. The van der Waals surface area contributed by atoms with Crippen LogP contribution in [0.1, 0.15) is 43.4 Å². The lowest BCUT2D eigenvalue weighted by atomic mass is 9.92. The molecule has 0 fully saturated rings. The number of methoxy groups -OCH3 is 2. The van der Waals surface area contributed by atoms with Gasteiger partial charge in [-0.2, -0.15) is 0 Å². The fourth-order valence-electron chi connectivity index (χ4n) is 3.56. The van der Waals surface area contributed by atoms with E-state index in [1.54, 1.807) is 32.4 Å². The van der Waals surface area contributed by atoms with Crippen LogP contribution in [-0.2, 0) is 28.4 Å². The Morgan fingerprint density at radius 2 is 1.56 bits per heavy atom. The van der Waals surface area contributed by atoms with Gasteiger partial charge in [0.05, 0.1) is 24.7 Å². The summed E-state index contributed by atoms with van der Waals surface area (Å²) in [6.45, 7) is 3.68. The van der Waals surface area contributed by atoms with Crippen LogP contribution in [0.5, 0.6) is 11.5 Å². The molecule has 0 unspecified atom stereocenters. The van der Waals surface area contributed by atoms with Crippen LogP contribution >= 0.6 is 0 Å². The fraction of sp³-hybridized carbons (Fsp3) is 0.429. The Labute approximate surface area is 161 Å². The first-order valence-electron chi connectivity index (χ1n) is 9.15. The van der Waals surface area contributed by atoms with Gasteiger partial charge in [0.1, 0.15) is 0 Å². The third-order valence-corrected chi connectivity index (χ3v) is 6.78. The average molecular weight is 390 g/mol. The lowest BCUT2D eigenvalue weighted by Gasteiger charge is -2.28. The highest BCUT2D eigenvalue weighted by molar-refractivity contribution is 7.89. The fourth-order valence-corrected chi connectivity index (χ4v) is 5.01. The number of hydrogen-bond donors (Lipinski definition) is 1. The maximum atomic E-state index is 13.0. The molecular weight excluding hydrogens is 362 g/mol. The maximum absolute atomic E-state index is 13.0. The van der Waals surface area contributed by atoms with Gasteiger partial charge in [-0.1, -0.05) is 12.1 Å². The van der Waals surface area contributed by atoms with Crippen molar-refractivity contribution in [2.24, 2.45) is 0 Å². The van der Waals surface area contributed by atoms with E-state index in [1.807, 2.05) is 32.0 Å². The molecule has 1 N–H and O–H groups in total. The van der Waals surface area contributed by atoms with Crippen LogP contribution in [-0.4, -0.2) is 22.6 Å². The molecule has 5 nitrogen and oxygen atoms in total. The average Bonchev–Trinajstić information content (AvgIpc) is 2.66. The highest BCUT2D eigenvalue weighted by Crippen LogP contribution is 2.33. The largest absolute Gasteiger partial charge is 0.493 e. The van der Waals surface area contributed by atoms with Gasteiger partial charge in [-0.3, -0.25) is 0 Å². The second-order valence-electron chi connectivity index (χ2n) is 7.44. The van der Waals surface area contributed by atoms with Gasteiger partial charge in [0.15, 0.2) is 11.5 Å². The molecule has 0 bridgehead atoms. The van der Waals surface area contributed by atoms with E-state index in [4.69, 9.17) is 9.47 Å². The van der Waals surface area contributed by atoms with E-state index >= 15 is 0 Å². The molecule has 0 atom stereocenters. The highest BCUT2D eigenvalue weighted by Gasteiger charge is 2.29. The van der Waals surface area contributed by atoms with Gasteiger partial charge in [-0.25, -0.2) is 13.1 Å². The Morgan fingerprint density at radius 1 is 0.889 bits per heavy atom. The summed E-state index contributed by atoms with van der Waals surface area (Å²) in [6, 6.07) is 10.9. The van der Waals surface area contributed by atoms with E-state index in [-0.39, 0.29) is 0 Å². The van der Waals surface area contributed by atoms with Crippen molar-refractivity contribution in [3.8, 4) is 11.5 Å². The van der Waals surface area contributed by atoms with Crippen molar-refractivity contribution in [3.05, 3.63) is 53.1 Å². The van der Waals surface area contributed by atoms with Crippen molar-refractivity contribution < 1.29 is 17.9 Å². The summed E-state index contributed by atoms with van der Waals surface area (Å²) >= 11 is 0. The zero-order chi connectivity index (χ0) is 19.7. The van der Waals surface area contributed by atoms with Crippen molar-refractivity contribution >= 4 is 10.0 Å². The van der Waals surface area contributed by atoms with Crippen LogP contribution in [0.15, 0.2) is 41.3 Å². The smallest absolute Gasteiger partial charge is 0.241 e. The van der Waals surface area contributed by atoms with Gasteiger partial charge in [-0.05, 0) is 80.5 Å². The Bertz CT molecular complexity index is 935. The molecule has 0 saturated carbocycles.